The molecule has 0 saturated heterocycles. The molecule has 31 heavy (non-hydrogen) atoms. The lowest BCUT2D eigenvalue weighted by Crippen LogP contribution is -2.28. The molecular formula is C25H22N2O3S. The fourth-order valence-electron chi connectivity index (χ4n) is 3.28. The van der Waals surface area contributed by atoms with E-state index < -0.39 is 5.92 Å². The second-order valence-corrected chi connectivity index (χ2v) is 8.42. The molecule has 0 fully saturated rings. The first-order valence-corrected chi connectivity index (χ1v) is 10.7. The number of methoxy groups -OCH3 is 1. The first-order chi connectivity index (χ1) is 15.0. The Hall–Kier alpha value is -3.43. The number of pyridine rings is 1. The molecule has 0 amide bonds. The largest absolute Gasteiger partial charge is 0.469 e. The highest BCUT2D eigenvalue weighted by atomic mass is 32.2. The molecule has 0 spiro atoms. The second-order valence-electron chi connectivity index (χ2n) is 7.07. The average molecular weight is 431 g/mol. The second kappa shape index (κ2) is 10.6. The number of benzene rings is 2. The van der Waals surface area contributed by atoms with E-state index in [1.54, 1.807) is 42.7 Å². The van der Waals surface area contributed by atoms with Crippen molar-refractivity contribution in [1.29, 1.82) is 5.26 Å². The molecule has 0 bridgehead atoms. The average Bonchev–Trinajstić information content (AvgIpc) is 2.82. The molecule has 1 unspecified atom stereocenters. The lowest BCUT2D eigenvalue weighted by Gasteiger charge is -2.21. The number of hydrogen-bond donors (Lipinski definition) is 0. The van der Waals surface area contributed by atoms with E-state index in [4.69, 9.17) is 10.00 Å². The van der Waals surface area contributed by atoms with Crippen LogP contribution in [0.15, 0.2) is 73.1 Å². The quantitative estimate of drug-likeness (QED) is 0.495. The highest BCUT2D eigenvalue weighted by Gasteiger charge is 2.29. The van der Waals surface area contributed by atoms with Gasteiger partial charge in [0.25, 0.3) is 0 Å². The number of hydrogen-bond acceptors (Lipinski definition) is 6. The Bertz CT molecular complexity index is 1090. The van der Waals surface area contributed by atoms with Gasteiger partial charge in [-0.15, -0.1) is 0 Å². The minimum absolute atomic E-state index is 0.103. The topological polar surface area (TPSA) is 80.0 Å². The van der Waals surface area contributed by atoms with Crippen LogP contribution in [0.5, 0.6) is 0 Å². The summed E-state index contributed by atoms with van der Waals surface area (Å²) in [5.41, 5.74) is 4.00. The van der Waals surface area contributed by atoms with Crippen molar-refractivity contribution in [1.82, 2.24) is 4.98 Å². The Kier molecular flexibility index (Phi) is 7.58. The van der Waals surface area contributed by atoms with Crippen molar-refractivity contribution < 1.29 is 14.3 Å². The van der Waals surface area contributed by atoms with Gasteiger partial charge in [0.05, 0.1) is 24.7 Å². The van der Waals surface area contributed by atoms with Crippen LogP contribution >= 0.6 is 11.8 Å². The van der Waals surface area contributed by atoms with Gasteiger partial charge in [-0.3, -0.25) is 14.6 Å². The lowest BCUT2D eigenvalue weighted by molar-refractivity contribution is -0.145. The Morgan fingerprint density at radius 3 is 2.39 bits per heavy atom. The first kappa shape index (κ1) is 22.3. The van der Waals surface area contributed by atoms with E-state index in [1.165, 1.54) is 7.11 Å². The summed E-state index contributed by atoms with van der Waals surface area (Å²) in [5.74, 6) is -0.882. The Labute approximate surface area is 186 Å². The van der Waals surface area contributed by atoms with Crippen LogP contribution in [-0.4, -0.2) is 28.4 Å². The van der Waals surface area contributed by atoms with Gasteiger partial charge in [-0.1, -0.05) is 43.0 Å². The molecule has 2 aromatic carbocycles. The normalized spacial score (nSPS) is 12.4. The molecule has 0 N–H and O–H groups in total. The van der Waals surface area contributed by atoms with Crippen molar-refractivity contribution in [2.45, 2.75) is 18.6 Å². The molecule has 2 atom stereocenters. The van der Waals surface area contributed by atoms with Gasteiger partial charge in [-0.05, 0) is 59.5 Å². The monoisotopic (exact) mass is 430 g/mol. The smallest absolute Gasteiger partial charge is 0.310 e. The number of nitrogens with zero attached hydrogens (tertiary/aromatic N) is 2. The number of carbonyl (C=O) groups excluding carboxylic acids is 2. The summed E-state index contributed by atoms with van der Waals surface area (Å²) in [6.45, 7) is 1.85. The number of carbonyl (C=O) groups is 2. The molecule has 0 aliphatic rings. The summed E-state index contributed by atoms with van der Waals surface area (Å²) in [6.07, 6.45) is 3.85. The summed E-state index contributed by atoms with van der Waals surface area (Å²) in [4.78, 5) is 29.3. The van der Waals surface area contributed by atoms with Gasteiger partial charge in [0.15, 0.2) is 0 Å². The third-order valence-electron chi connectivity index (χ3n) is 5.01. The predicted molar refractivity (Wildman–Crippen MR) is 121 cm³/mol. The zero-order valence-electron chi connectivity index (χ0n) is 17.3. The van der Waals surface area contributed by atoms with E-state index in [0.717, 1.165) is 28.5 Å². The number of esters is 1. The van der Waals surface area contributed by atoms with Gasteiger partial charge in [0.2, 0.25) is 5.12 Å². The molecule has 156 valence electrons. The Morgan fingerprint density at radius 2 is 1.74 bits per heavy atom. The maximum absolute atomic E-state index is 12.8. The van der Waals surface area contributed by atoms with E-state index in [9.17, 15) is 9.59 Å². The SMILES string of the molecule is COC(=O)[C@H](Cc1cccc(C#N)c1)C(C)SC(=O)c1ccc(-c2ccncc2)cc1. The zero-order chi connectivity index (χ0) is 22.2. The molecule has 1 aromatic heterocycles. The molecule has 6 heteroatoms. The maximum atomic E-state index is 12.8. The number of nitriles is 1. The van der Waals surface area contributed by atoms with Gasteiger partial charge >= 0.3 is 5.97 Å². The molecule has 5 nitrogen and oxygen atoms in total. The Balaban J connectivity index is 1.71. The number of aromatic nitrogens is 1. The van der Waals surface area contributed by atoms with Crippen LogP contribution in [-0.2, 0) is 16.0 Å². The van der Waals surface area contributed by atoms with Gasteiger partial charge in [-0.2, -0.15) is 5.26 Å². The summed E-state index contributed by atoms with van der Waals surface area (Å²) in [7, 11) is 1.35. The van der Waals surface area contributed by atoms with Gasteiger partial charge in [0, 0.05) is 23.2 Å². The van der Waals surface area contributed by atoms with Crippen molar-refractivity contribution in [2.75, 3.05) is 7.11 Å². The molecular weight excluding hydrogens is 408 g/mol. The van der Waals surface area contributed by atoms with Crippen LogP contribution < -0.4 is 0 Å². The number of ether oxygens (including phenoxy) is 1. The van der Waals surface area contributed by atoms with Crippen molar-refractivity contribution in [3.05, 3.63) is 89.7 Å². The molecule has 0 aliphatic carbocycles. The highest BCUT2D eigenvalue weighted by Crippen LogP contribution is 2.28. The fourth-order valence-corrected chi connectivity index (χ4v) is 4.26. The van der Waals surface area contributed by atoms with Crippen LogP contribution in [0.3, 0.4) is 0 Å². The fraction of sp³-hybridized carbons (Fsp3) is 0.200. The number of rotatable bonds is 7. The van der Waals surface area contributed by atoms with Gasteiger partial charge < -0.3 is 4.74 Å². The van der Waals surface area contributed by atoms with Crippen LogP contribution in [0.1, 0.15) is 28.4 Å². The molecule has 3 rings (SSSR count). The Morgan fingerprint density at radius 1 is 1.06 bits per heavy atom. The molecule has 3 aromatic rings. The summed E-state index contributed by atoms with van der Waals surface area (Å²) in [6, 6.07) is 20.4. The van der Waals surface area contributed by atoms with E-state index in [2.05, 4.69) is 11.1 Å². The van der Waals surface area contributed by atoms with Gasteiger partial charge in [0.1, 0.15) is 0 Å². The van der Waals surface area contributed by atoms with E-state index in [-0.39, 0.29) is 16.3 Å². The maximum Gasteiger partial charge on any atom is 0.310 e. The van der Waals surface area contributed by atoms with Crippen molar-refractivity contribution in [3.8, 4) is 17.2 Å². The van der Waals surface area contributed by atoms with Crippen molar-refractivity contribution in [2.24, 2.45) is 5.92 Å². The highest BCUT2D eigenvalue weighted by molar-refractivity contribution is 8.14. The molecule has 0 aliphatic heterocycles. The van der Waals surface area contributed by atoms with Crippen LogP contribution in [0.4, 0.5) is 0 Å². The third kappa shape index (κ3) is 5.80. The molecule has 0 radical (unpaired) electrons. The van der Waals surface area contributed by atoms with Crippen LogP contribution in [0, 0.1) is 17.2 Å². The third-order valence-corrected chi connectivity index (χ3v) is 6.16. The zero-order valence-corrected chi connectivity index (χ0v) is 18.1. The predicted octanol–water partition coefficient (Wildman–Crippen LogP) is 4.91. The summed E-state index contributed by atoms with van der Waals surface area (Å²) in [5, 5.41) is 8.70. The van der Waals surface area contributed by atoms with E-state index in [0.29, 0.717) is 17.5 Å². The minimum atomic E-state index is -0.510. The van der Waals surface area contributed by atoms with Crippen molar-refractivity contribution >= 4 is 22.8 Å². The summed E-state index contributed by atoms with van der Waals surface area (Å²) >= 11 is 1.12. The van der Waals surface area contributed by atoms with Crippen LogP contribution in [0.2, 0.25) is 0 Å². The molecule has 1 heterocycles. The molecule has 0 saturated carbocycles. The standard InChI is InChI=1S/C25H22N2O3S/c1-17(23(24(28)30-2)15-18-4-3-5-19(14-18)16-26)31-25(29)22-8-6-20(7-9-22)21-10-12-27-13-11-21/h3-14,17,23H,15H2,1-2H3/t17?,23-/m1/s1. The first-order valence-electron chi connectivity index (χ1n) is 9.80. The van der Waals surface area contributed by atoms with E-state index >= 15 is 0 Å². The summed E-state index contributed by atoms with van der Waals surface area (Å²) < 4.78 is 4.98. The number of thioether (sulfide) groups is 1. The van der Waals surface area contributed by atoms with Crippen molar-refractivity contribution in [3.63, 3.8) is 0 Å². The lowest BCUT2D eigenvalue weighted by atomic mass is 9.95. The minimum Gasteiger partial charge on any atom is -0.469 e. The van der Waals surface area contributed by atoms with E-state index in [1.807, 2.05) is 37.3 Å². The van der Waals surface area contributed by atoms with Crippen LogP contribution in [0.25, 0.3) is 11.1 Å². The van der Waals surface area contributed by atoms with Gasteiger partial charge in [-0.25, -0.2) is 0 Å².